The molecular weight excluding hydrogens is 360 g/mol. The first-order valence-corrected chi connectivity index (χ1v) is 8.60. The Balaban J connectivity index is 1.75. The van der Waals surface area contributed by atoms with Crippen molar-refractivity contribution in [3.05, 3.63) is 65.7 Å². The molecule has 1 saturated heterocycles. The molecule has 1 heterocycles. The first kappa shape index (κ1) is 19.1. The maximum atomic E-state index is 12.9. The Hall–Kier alpha value is -3.68. The van der Waals surface area contributed by atoms with Gasteiger partial charge in [-0.25, -0.2) is 4.79 Å². The first-order chi connectivity index (χ1) is 13.2. The molecule has 144 valence electrons. The van der Waals surface area contributed by atoms with Gasteiger partial charge in [0.25, 0.3) is 5.91 Å². The second-order valence-electron chi connectivity index (χ2n) is 6.68. The SMILES string of the molecule is CN(C(=O)CN1C(=O)NC(C)(c2ccccc2)C1=O)c1ccc(C(N)=O)cc1. The van der Waals surface area contributed by atoms with Gasteiger partial charge in [-0.15, -0.1) is 0 Å². The molecule has 3 N–H and O–H groups in total. The molecule has 1 aliphatic rings. The lowest BCUT2D eigenvalue weighted by atomic mass is 9.92. The highest BCUT2D eigenvalue weighted by molar-refractivity contribution is 6.10. The summed E-state index contributed by atoms with van der Waals surface area (Å²) in [5, 5.41) is 2.67. The van der Waals surface area contributed by atoms with E-state index in [0.717, 1.165) is 4.90 Å². The Morgan fingerprint density at radius 3 is 2.25 bits per heavy atom. The van der Waals surface area contributed by atoms with Crippen molar-refractivity contribution in [1.82, 2.24) is 10.2 Å². The lowest BCUT2D eigenvalue weighted by Crippen LogP contribution is -2.43. The third kappa shape index (κ3) is 3.32. The minimum Gasteiger partial charge on any atom is -0.366 e. The zero-order valence-corrected chi connectivity index (χ0v) is 15.5. The van der Waals surface area contributed by atoms with Gasteiger partial charge in [0.2, 0.25) is 11.8 Å². The van der Waals surface area contributed by atoms with E-state index >= 15 is 0 Å². The number of hydrogen-bond donors (Lipinski definition) is 2. The molecule has 8 nitrogen and oxygen atoms in total. The maximum Gasteiger partial charge on any atom is 0.325 e. The van der Waals surface area contributed by atoms with E-state index in [1.54, 1.807) is 43.3 Å². The van der Waals surface area contributed by atoms with Crippen LogP contribution in [0.1, 0.15) is 22.8 Å². The fraction of sp³-hybridized carbons (Fsp3) is 0.200. The molecule has 1 fully saturated rings. The summed E-state index contributed by atoms with van der Waals surface area (Å²) in [6.45, 7) is 1.21. The van der Waals surface area contributed by atoms with E-state index in [4.69, 9.17) is 5.73 Å². The molecule has 0 saturated carbocycles. The van der Waals surface area contributed by atoms with Crippen molar-refractivity contribution in [2.24, 2.45) is 5.73 Å². The summed E-state index contributed by atoms with van der Waals surface area (Å²) in [5.41, 5.74) is 5.44. The number of hydrogen-bond acceptors (Lipinski definition) is 4. The number of nitrogens with zero attached hydrogens (tertiary/aromatic N) is 2. The van der Waals surface area contributed by atoms with Gasteiger partial charge in [-0.05, 0) is 36.8 Å². The largest absolute Gasteiger partial charge is 0.366 e. The molecule has 8 heteroatoms. The molecule has 0 aliphatic carbocycles. The fourth-order valence-electron chi connectivity index (χ4n) is 3.04. The number of imide groups is 1. The van der Waals surface area contributed by atoms with Gasteiger partial charge in [0.05, 0.1) is 0 Å². The molecule has 0 spiro atoms. The van der Waals surface area contributed by atoms with Crippen molar-refractivity contribution in [3.8, 4) is 0 Å². The smallest absolute Gasteiger partial charge is 0.325 e. The lowest BCUT2D eigenvalue weighted by molar-refractivity contribution is -0.134. The summed E-state index contributed by atoms with van der Waals surface area (Å²) < 4.78 is 0. The van der Waals surface area contributed by atoms with Gasteiger partial charge >= 0.3 is 6.03 Å². The molecule has 1 atom stereocenters. The number of benzene rings is 2. The van der Waals surface area contributed by atoms with Gasteiger partial charge in [-0.1, -0.05) is 30.3 Å². The number of rotatable bonds is 5. The van der Waals surface area contributed by atoms with Crippen LogP contribution in [0.15, 0.2) is 54.6 Å². The minimum absolute atomic E-state index is 0.317. The van der Waals surface area contributed by atoms with Crippen LogP contribution in [0.25, 0.3) is 0 Å². The molecular formula is C20H20N4O4. The highest BCUT2D eigenvalue weighted by atomic mass is 16.2. The summed E-state index contributed by atoms with van der Waals surface area (Å²) in [6, 6.07) is 14.4. The monoisotopic (exact) mass is 380 g/mol. The molecule has 0 aromatic heterocycles. The van der Waals surface area contributed by atoms with Crippen molar-refractivity contribution in [2.75, 3.05) is 18.5 Å². The van der Waals surface area contributed by atoms with Crippen LogP contribution in [0.4, 0.5) is 10.5 Å². The van der Waals surface area contributed by atoms with E-state index in [1.165, 1.54) is 24.1 Å². The number of urea groups is 1. The van der Waals surface area contributed by atoms with Gasteiger partial charge in [0, 0.05) is 18.3 Å². The van der Waals surface area contributed by atoms with Crippen molar-refractivity contribution >= 4 is 29.4 Å². The van der Waals surface area contributed by atoms with Crippen LogP contribution in [0, 0.1) is 0 Å². The predicted octanol–water partition coefficient (Wildman–Crippen LogP) is 1.22. The fourth-order valence-corrected chi connectivity index (χ4v) is 3.04. The molecule has 2 aromatic carbocycles. The lowest BCUT2D eigenvalue weighted by Gasteiger charge is -2.23. The average Bonchev–Trinajstić information content (AvgIpc) is 2.92. The Morgan fingerprint density at radius 2 is 1.68 bits per heavy atom. The van der Waals surface area contributed by atoms with Gasteiger partial charge in [0.1, 0.15) is 12.1 Å². The highest BCUT2D eigenvalue weighted by Gasteiger charge is 2.49. The molecule has 0 radical (unpaired) electrons. The summed E-state index contributed by atoms with van der Waals surface area (Å²) in [4.78, 5) is 51.2. The molecule has 2 aromatic rings. The standard InChI is InChI=1S/C20H20N4O4/c1-20(14-6-4-3-5-7-14)18(27)24(19(28)22-20)12-16(25)23(2)15-10-8-13(9-11-15)17(21)26/h3-11H,12H2,1-2H3,(H2,21,26)(H,22,28). The molecule has 5 amide bonds. The van der Waals surface area contributed by atoms with Gasteiger partial charge in [-0.3, -0.25) is 19.3 Å². The van der Waals surface area contributed by atoms with Crippen LogP contribution in [-0.2, 0) is 15.1 Å². The number of primary amides is 1. The molecule has 28 heavy (non-hydrogen) atoms. The summed E-state index contributed by atoms with van der Waals surface area (Å²) in [5.74, 6) is -1.51. The number of nitrogens with one attached hydrogen (secondary N) is 1. The van der Waals surface area contributed by atoms with Crippen molar-refractivity contribution < 1.29 is 19.2 Å². The van der Waals surface area contributed by atoms with Crippen LogP contribution < -0.4 is 16.0 Å². The van der Waals surface area contributed by atoms with Crippen LogP contribution in [0.3, 0.4) is 0 Å². The second kappa shape index (κ2) is 7.15. The first-order valence-electron chi connectivity index (χ1n) is 8.60. The number of carbonyl (C=O) groups is 4. The Kier molecular flexibility index (Phi) is 4.87. The number of anilines is 1. The minimum atomic E-state index is -1.22. The Morgan fingerprint density at radius 1 is 1.07 bits per heavy atom. The number of amides is 5. The molecule has 1 aliphatic heterocycles. The maximum absolute atomic E-state index is 12.9. The second-order valence-corrected chi connectivity index (χ2v) is 6.68. The zero-order chi connectivity index (χ0) is 20.5. The summed E-state index contributed by atoms with van der Waals surface area (Å²) >= 11 is 0. The molecule has 3 rings (SSSR count). The van der Waals surface area contributed by atoms with E-state index in [1.807, 2.05) is 6.07 Å². The highest BCUT2D eigenvalue weighted by Crippen LogP contribution is 2.28. The topological polar surface area (TPSA) is 113 Å². The van der Waals surface area contributed by atoms with E-state index in [2.05, 4.69) is 5.32 Å². The molecule has 1 unspecified atom stereocenters. The van der Waals surface area contributed by atoms with E-state index < -0.39 is 35.8 Å². The van der Waals surface area contributed by atoms with Crippen molar-refractivity contribution in [1.29, 1.82) is 0 Å². The number of likely N-dealkylation sites (N-methyl/N-ethyl adjacent to an activating group) is 1. The van der Waals surface area contributed by atoms with Crippen LogP contribution in [0.5, 0.6) is 0 Å². The van der Waals surface area contributed by atoms with Crippen LogP contribution in [-0.4, -0.2) is 42.2 Å². The van der Waals surface area contributed by atoms with Crippen LogP contribution >= 0.6 is 0 Å². The zero-order valence-electron chi connectivity index (χ0n) is 15.5. The van der Waals surface area contributed by atoms with Crippen LogP contribution in [0.2, 0.25) is 0 Å². The summed E-state index contributed by atoms with van der Waals surface area (Å²) in [6.07, 6.45) is 0. The number of nitrogens with two attached hydrogens (primary N) is 1. The Bertz CT molecular complexity index is 942. The van der Waals surface area contributed by atoms with E-state index in [-0.39, 0.29) is 0 Å². The van der Waals surface area contributed by atoms with Crippen molar-refractivity contribution in [3.63, 3.8) is 0 Å². The number of carbonyl (C=O) groups excluding carboxylic acids is 4. The predicted molar refractivity (Wildman–Crippen MR) is 102 cm³/mol. The van der Waals surface area contributed by atoms with Gasteiger partial charge in [-0.2, -0.15) is 0 Å². The van der Waals surface area contributed by atoms with E-state index in [0.29, 0.717) is 16.8 Å². The van der Waals surface area contributed by atoms with Gasteiger partial charge < -0.3 is 16.0 Å². The van der Waals surface area contributed by atoms with Crippen molar-refractivity contribution in [2.45, 2.75) is 12.5 Å². The van der Waals surface area contributed by atoms with E-state index in [9.17, 15) is 19.2 Å². The normalized spacial score (nSPS) is 18.7. The quantitative estimate of drug-likeness (QED) is 0.759. The third-order valence-corrected chi connectivity index (χ3v) is 4.83. The average molecular weight is 380 g/mol. The summed E-state index contributed by atoms with van der Waals surface area (Å²) in [7, 11) is 1.52. The van der Waals surface area contributed by atoms with Gasteiger partial charge in [0.15, 0.2) is 0 Å². The molecule has 0 bridgehead atoms. The Labute approximate surface area is 161 Å². The third-order valence-electron chi connectivity index (χ3n) is 4.83.